The number of hydrogen-bond donors (Lipinski definition) is 1. The van der Waals surface area contributed by atoms with Crippen molar-refractivity contribution in [2.75, 3.05) is 33.4 Å². The molecular formula is C13H29ClN2O. The van der Waals surface area contributed by atoms with E-state index in [1.54, 1.807) is 7.11 Å². The molecule has 1 saturated heterocycles. The molecule has 3 nitrogen and oxygen atoms in total. The molecular weight excluding hydrogens is 236 g/mol. The molecule has 2 N–H and O–H groups in total. The van der Waals surface area contributed by atoms with Gasteiger partial charge in [0.15, 0.2) is 0 Å². The van der Waals surface area contributed by atoms with E-state index in [0.717, 1.165) is 19.7 Å². The van der Waals surface area contributed by atoms with Crippen LogP contribution < -0.4 is 5.73 Å². The van der Waals surface area contributed by atoms with Crippen LogP contribution in [0.1, 0.15) is 33.6 Å². The third kappa shape index (κ3) is 6.05. The topological polar surface area (TPSA) is 38.5 Å². The molecule has 4 heteroatoms. The highest BCUT2D eigenvalue weighted by Gasteiger charge is 2.27. The summed E-state index contributed by atoms with van der Waals surface area (Å²) in [6.07, 6.45) is 2.58. The van der Waals surface area contributed by atoms with E-state index >= 15 is 0 Å². The molecule has 0 bridgehead atoms. The zero-order chi connectivity index (χ0) is 12.2. The lowest BCUT2D eigenvalue weighted by Crippen LogP contribution is -2.46. The number of methoxy groups -OCH3 is 1. The highest BCUT2D eigenvalue weighted by Crippen LogP contribution is 2.23. The molecule has 0 radical (unpaired) electrons. The Morgan fingerprint density at radius 1 is 1.47 bits per heavy atom. The first-order chi connectivity index (χ1) is 7.44. The van der Waals surface area contributed by atoms with Crippen LogP contribution in [0.3, 0.4) is 0 Å². The van der Waals surface area contributed by atoms with Crippen LogP contribution in [0.15, 0.2) is 0 Å². The van der Waals surface area contributed by atoms with Crippen molar-refractivity contribution in [2.45, 2.75) is 39.7 Å². The number of likely N-dealkylation sites (tertiary alicyclic amines) is 1. The Balaban J connectivity index is 0.00000256. The van der Waals surface area contributed by atoms with Gasteiger partial charge in [0.25, 0.3) is 0 Å². The second-order valence-corrected chi connectivity index (χ2v) is 6.09. The summed E-state index contributed by atoms with van der Waals surface area (Å²) in [5, 5.41) is 0. The normalized spacial score (nSPS) is 24.2. The second kappa shape index (κ2) is 7.57. The minimum atomic E-state index is 0. The fourth-order valence-electron chi connectivity index (χ4n) is 2.71. The summed E-state index contributed by atoms with van der Waals surface area (Å²) in [6, 6.07) is 0.327. The van der Waals surface area contributed by atoms with Gasteiger partial charge in [0, 0.05) is 31.7 Å². The van der Waals surface area contributed by atoms with E-state index < -0.39 is 0 Å². The van der Waals surface area contributed by atoms with Crippen LogP contribution in [0.25, 0.3) is 0 Å². The third-order valence-corrected chi connectivity index (χ3v) is 3.47. The summed E-state index contributed by atoms with van der Waals surface area (Å²) in [4.78, 5) is 2.55. The van der Waals surface area contributed by atoms with Crippen LogP contribution in [0.4, 0.5) is 0 Å². The Bertz CT molecular complexity index is 210. The first kappa shape index (κ1) is 17.2. The smallest absolute Gasteiger partial charge is 0.0525 e. The molecule has 0 aliphatic carbocycles. The fourth-order valence-corrected chi connectivity index (χ4v) is 2.71. The minimum Gasteiger partial charge on any atom is -0.384 e. The average molecular weight is 265 g/mol. The number of ether oxygens (including phenoxy) is 1. The van der Waals surface area contributed by atoms with E-state index in [-0.39, 0.29) is 17.8 Å². The number of rotatable bonds is 5. The van der Waals surface area contributed by atoms with Gasteiger partial charge in [0.2, 0.25) is 0 Å². The number of piperidine rings is 1. The van der Waals surface area contributed by atoms with Gasteiger partial charge in [0.1, 0.15) is 0 Å². The Morgan fingerprint density at radius 3 is 2.65 bits per heavy atom. The highest BCUT2D eigenvalue weighted by molar-refractivity contribution is 5.85. The van der Waals surface area contributed by atoms with Crippen molar-refractivity contribution in [3.63, 3.8) is 0 Å². The SMILES string of the molecule is COCC(C)(C)CN1CCCC(C(C)N)C1.Cl. The molecule has 104 valence electrons. The van der Waals surface area contributed by atoms with E-state index in [1.165, 1.54) is 19.4 Å². The maximum atomic E-state index is 6.00. The van der Waals surface area contributed by atoms with Gasteiger partial charge < -0.3 is 15.4 Å². The monoisotopic (exact) mass is 264 g/mol. The van der Waals surface area contributed by atoms with Crippen molar-refractivity contribution in [3.05, 3.63) is 0 Å². The molecule has 0 saturated carbocycles. The molecule has 1 aliphatic rings. The van der Waals surface area contributed by atoms with E-state index in [2.05, 4.69) is 25.7 Å². The summed E-state index contributed by atoms with van der Waals surface area (Å²) in [6.45, 7) is 11.0. The molecule has 1 fully saturated rings. The number of nitrogens with two attached hydrogens (primary N) is 1. The van der Waals surface area contributed by atoms with Crippen molar-refractivity contribution in [1.29, 1.82) is 0 Å². The molecule has 2 atom stereocenters. The zero-order valence-corrected chi connectivity index (χ0v) is 12.6. The van der Waals surface area contributed by atoms with Crippen molar-refractivity contribution >= 4 is 12.4 Å². The molecule has 1 heterocycles. The fraction of sp³-hybridized carbons (Fsp3) is 1.00. The lowest BCUT2D eigenvalue weighted by molar-refractivity contribution is 0.0511. The van der Waals surface area contributed by atoms with Crippen molar-refractivity contribution in [3.8, 4) is 0 Å². The molecule has 0 aromatic rings. The quantitative estimate of drug-likeness (QED) is 0.827. The molecule has 2 unspecified atom stereocenters. The third-order valence-electron chi connectivity index (χ3n) is 3.47. The molecule has 0 spiro atoms. The molecule has 0 aromatic carbocycles. The Morgan fingerprint density at radius 2 is 2.12 bits per heavy atom. The van der Waals surface area contributed by atoms with Crippen molar-refractivity contribution in [2.24, 2.45) is 17.1 Å². The van der Waals surface area contributed by atoms with Crippen molar-refractivity contribution in [1.82, 2.24) is 4.90 Å². The maximum Gasteiger partial charge on any atom is 0.0525 e. The van der Waals surface area contributed by atoms with Gasteiger partial charge in [0.05, 0.1) is 6.61 Å². The van der Waals surface area contributed by atoms with Crippen LogP contribution in [-0.2, 0) is 4.74 Å². The maximum absolute atomic E-state index is 6.00. The van der Waals surface area contributed by atoms with Gasteiger partial charge in [-0.25, -0.2) is 0 Å². The molecule has 1 aliphatic heterocycles. The number of hydrogen-bond acceptors (Lipinski definition) is 3. The second-order valence-electron chi connectivity index (χ2n) is 6.09. The van der Waals surface area contributed by atoms with E-state index in [4.69, 9.17) is 10.5 Å². The van der Waals surface area contributed by atoms with Crippen LogP contribution in [0.5, 0.6) is 0 Å². The average Bonchev–Trinajstić information content (AvgIpc) is 2.17. The summed E-state index contributed by atoms with van der Waals surface area (Å²) in [7, 11) is 1.78. The van der Waals surface area contributed by atoms with Gasteiger partial charge in [-0.1, -0.05) is 13.8 Å². The molecule has 0 aromatic heterocycles. The highest BCUT2D eigenvalue weighted by atomic mass is 35.5. The largest absolute Gasteiger partial charge is 0.384 e. The van der Waals surface area contributed by atoms with Crippen molar-refractivity contribution < 1.29 is 4.74 Å². The molecule has 17 heavy (non-hydrogen) atoms. The number of nitrogens with zero attached hydrogens (tertiary/aromatic N) is 1. The van der Waals surface area contributed by atoms with Gasteiger partial charge in [-0.05, 0) is 32.2 Å². The molecule has 1 rings (SSSR count). The van der Waals surface area contributed by atoms with E-state index in [1.807, 2.05) is 0 Å². The summed E-state index contributed by atoms with van der Waals surface area (Å²) >= 11 is 0. The first-order valence-electron chi connectivity index (χ1n) is 6.41. The lowest BCUT2D eigenvalue weighted by Gasteiger charge is -2.39. The van der Waals surface area contributed by atoms with Gasteiger partial charge in [-0.2, -0.15) is 0 Å². The van der Waals surface area contributed by atoms with Crippen LogP contribution >= 0.6 is 12.4 Å². The number of halogens is 1. The van der Waals surface area contributed by atoms with Gasteiger partial charge in [-0.15, -0.1) is 12.4 Å². The van der Waals surface area contributed by atoms with E-state index in [9.17, 15) is 0 Å². The summed E-state index contributed by atoms with van der Waals surface area (Å²) < 4.78 is 5.27. The zero-order valence-electron chi connectivity index (χ0n) is 11.7. The predicted octanol–water partition coefficient (Wildman–Crippen LogP) is 2.14. The van der Waals surface area contributed by atoms with Crippen LogP contribution in [-0.4, -0.2) is 44.3 Å². The first-order valence-corrected chi connectivity index (χ1v) is 6.41. The van der Waals surface area contributed by atoms with Gasteiger partial charge >= 0.3 is 0 Å². The van der Waals surface area contributed by atoms with E-state index in [0.29, 0.717) is 12.0 Å². The van der Waals surface area contributed by atoms with Crippen LogP contribution in [0.2, 0.25) is 0 Å². The Hall–Kier alpha value is 0.170. The standard InChI is InChI=1S/C13H28N2O.ClH/c1-11(14)12-6-5-7-15(8-12)9-13(2,3)10-16-4;/h11-12H,5-10,14H2,1-4H3;1H. The van der Waals surface area contributed by atoms with Crippen LogP contribution in [0, 0.1) is 11.3 Å². The predicted molar refractivity (Wildman–Crippen MR) is 75.7 cm³/mol. The Labute approximate surface area is 112 Å². The summed E-state index contributed by atoms with van der Waals surface area (Å²) in [5.74, 6) is 0.673. The van der Waals surface area contributed by atoms with Gasteiger partial charge in [-0.3, -0.25) is 0 Å². The minimum absolute atomic E-state index is 0. The lowest BCUT2D eigenvalue weighted by atomic mass is 9.88. The summed E-state index contributed by atoms with van der Waals surface area (Å²) in [5.41, 5.74) is 6.24. The molecule has 0 amide bonds. The Kier molecular flexibility index (Phi) is 7.65.